The Morgan fingerprint density at radius 3 is 2.36 bits per heavy atom. The van der Waals surface area contributed by atoms with Crippen LogP contribution in [0, 0.1) is 0 Å². The van der Waals surface area contributed by atoms with Crippen LogP contribution in [-0.4, -0.2) is 28.5 Å². The molecule has 166 valence electrons. The number of rotatable bonds is 3. The molecule has 2 aliphatic rings. The van der Waals surface area contributed by atoms with Crippen molar-refractivity contribution in [2.75, 3.05) is 11.5 Å². The van der Waals surface area contributed by atoms with Crippen LogP contribution in [0.5, 0.6) is 11.5 Å². The molecule has 0 aromatic heterocycles. The largest absolute Gasteiger partial charge is 0.508 e. The van der Waals surface area contributed by atoms with E-state index < -0.39 is 17.7 Å². The van der Waals surface area contributed by atoms with Gasteiger partial charge in [-0.2, -0.15) is 0 Å². The van der Waals surface area contributed by atoms with E-state index in [4.69, 9.17) is 27.9 Å². The van der Waals surface area contributed by atoms with Crippen molar-refractivity contribution in [3.63, 3.8) is 0 Å². The number of nitrogens with zero attached hydrogens (tertiary/aromatic N) is 1. The second-order valence-electron chi connectivity index (χ2n) is 7.81. The molecule has 2 aliphatic heterocycles. The van der Waals surface area contributed by atoms with Crippen LogP contribution in [0.2, 0.25) is 10.0 Å². The first-order valence-corrected chi connectivity index (χ1v) is 10.9. The van der Waals surface area contributed by atoms with Crippen LogP contribution in [0.4, 0.5) is 5.69 Å². The van der Waals surface area contributed by atoms with Crippen molar-refractivity contribution in [1.82, 2.24) is 0 Å². The number of amides is 1. The molecule has 8 heteroatoms. The average Bonchev–Trinajstić information content (AvgIpc) is 3.35. The van der Waals surface area contributed by atoms with Gasteiger partial charge in [0.1, 0.15) is 17.3 Å². The van der Waals surface area contributed by atoms with Crippen molar-refractivity contribution < 1.29 is 24.5 Å². The van der Waals surface area contributed by atoms with Gasteiger partial charge in [-0.1, -0.05) is 35.3 Å². The van der Waals surface area contributed by atoms with Crippen LogP contribution in [0.3, 0.4) is 0 Å². The third kappa shape index (κ3) is 3.71. The molecule has 0 spiro atoms. The summed E-state index contributed by atoms with van der Waals surface area (Å²) in [6, 6.07) is 14.9. The summed E-state index contributed by atoms with van der Waals surface area (Å²) < 4.78 is 5.52. The predicted molar refractivity (Wildman–Crippen MR) is 125 cm³/mol. The van der Waals surface area contributed by atoms with Gasteiger partial charge >= 0.3 is 0 Å². The molecule has 1 saturated heterocycles. The minimum Gasteiger partial charge on any atom is -0.508 e. The molecule has 1 atom stereocenters. The number of hydrogen-bond acceptors (Lipinski definition) is 5. The topological polar surface area (TPSA) is 87.1 Å². The number of aliphatic hydroxyl groups is 1. The molecule has 2 heterocycles. The highest BCUT2D eigenvalue weighted by atomic mass is 35.5. The molecule has 33 heavy (non-hydrogen) atoms. The molecule has 0 bridgehead atoms. The number of benzene rings is 3. The minimum atomic E-state index is -0.954. The number of carbonyl (C=O) groups excluding carboxylic acids is 2. The SMILES string of the molecule is O=C1C(=O)N(c2cc(Cl)cc(Cl)c2)C(c2ccc(O)cc2)/C1=C(/O)c1ccc2c(c1)CCO2. The van der Waals surface area contributed by atoms with E-state index in [1.807, 2.05) is 0 Å². The Labute approximate surface area is 199 Å². The number of fused-ring (bicyclic) bond motifs is 1. The monoisotopic (exact) mass is 481 g/mol. The van der Waals surface area contributed by atoms with E-state index in [1.54, 1.807) is 30.3 Å². The number of Topliss-reactive ketones (excluding diaryl/α,β-unsaturated/α-hetero) is 1. The zero-order valence-electron chi connectivity index (χ0n) is 17.1. The number of ether oxygens (including phenoxy) is 1. The number of aliphatic hydroxyl groups excluding tert-OH is 1. The molecule has 6 nitrogen and oxygen atoms in total. The second-order valence-corrected chi connectivity index (χ2v) is 8.68. The van der Waals surface area contributed by atoms with Crippen LogP contribution in [0.1, 0.15) is 22.7 Å². The van der Waals surface area contributed by atoms with E-state index in [0.717, 1.165) is 11.3 Å². The smallest absolute Gasteiger partial charge is 0.300 e. The van der Waals surface area contributed by atoms with Crippen molar-refractivity contribution in [1.29, 1.82) is 0 Å². The molecular weight excluding hydrogens is 465 g/mol. The summed E-state index contributed by atoms with van der Waals surface area (Å²) >= 11 is 12.3. The highest BCUT2D eigenvalue weighted by Gasteiger charge is 2.47. The summed E-state index contributed by atoms with van der Waals surface area (Å²) in [5, 5.41) is 21.6. The number of ketones is 1. The van der Waals surface area contributed by atoms with Crippen molar-refractivity contribution in [2.45, 2.75) is 12.5 Å². The lowest BCUT2D eigenvalue weighted by Gasteiger charge is -2.26. The van der Waals surface area contributed by atoms with Crippen LogP contribution < -0.4 is 9.64 Å². The first kappa shape index (κ1) is 21.4. The fraction of sp³-hybridized carbons (Fsp3) is 0.120. The molecule has 1 unspecified atom stereocenters. The molecule has 1 amide bonds. The molecule has 3 aromatic rings. The van der Waals surface area contributed by atoms with Crippen LogP contribution in [0.25, 0.3) is 5.76 Å². The summed E-state index contributed by atoms with van der Waals surface area (Å²) in [6.45, 7) is 0.549. The number of halogens is 2. The van der Waals surface area contributed by atoms with E-state index in [2.05, 4.69) is 0 Å². The van der Waals surface area contributed by atoms with E-state index >= 15 is 0 Å². The molecule has 2 N–H and O–H groups in total. The Bertz CT molecular complexity index is 1310. The van der Waals surface area contributed by atoms with Gasteiger partial charge in [0, 0.05) is 27.7 Å². The molecule has 0 radical (unpaired) electrons. The minimum absolute atomic E-state index is 0.0279. The molecule has 1 fully saturated rings. The van der Waals surface area contributed by atoms with E-state index in [9.17, 15) is 19.8 Å². The summed E-state index contributed by atoms with van der Waals surface area (Å²) in [4.78, 5) is 27.7. The first-order chi connectivity index (χ1) is 15.8. The normalized spacial score (nSPS) is 19.0. The zero-order valence-corrected chi connectivity index (χ0v) is 18.6. The van der Waals surface area contributed by atoms with Crippen molar-refractivity contribution in [2.24, 2.45) is 0 Å². The summed E-state index contributed by atoms with van der Waals surface area (Å²) in [6.07, 6.45) is 0.688. The summed E-state index contributed by atoms with van der Waals surface area (Å²) in [5.74, 6) is -1.19. The number of phenolic OH excluding ortho intramolecular Hbond substituents is 1. The number of anilines is 1. The lowest BCUT2D eigenvalue weighted by molar-refractivity contribution is -0.132. The molecule has 3 aromatic carbocycles. The highest BCUT2D eigenvalue weighted by molar-refractivity contribution is 6.52. The Kier molecular flexibility index (Phi) is 5.27. The lowest BCUT2D eigenvalue weighted by atomic mass is 9.94. The van der Waals surface area contributed by atoms with Crippen LogP contribution in [0.15, 0.2) is 66.2 Å². The van der Waals surface area contributed by atoms with Crippen molar-refractivity contribution >= 4 is 46.3 Å². The molecular formula is C25H17Cl2NO5. The average molecular weight is 482 g/mol. The van der Waals surface area contributed by atoms with Gasteiger partial charge in [-0.3, -0.25) is 14.5 Å². The van der Waals surface area contributed by atoms with Gasteiger partial charge in [0.2, 0.25) is 0 Å². The number of carbonyl (C=O) groups is 2. The Balaban J connectivity index is 1.72. The first-order valence-electron chi connectivity index (χ1n) is 10.2. The zero-order chi connectivity index (χ0) is 23.3. The Hall–Kier alpha value is -3.48. The van der Waals surface area contributed by atoms with Gasteiger partial charge < -0.3 is 14.9 Å². The van der Waals surface area contributed by atoms with Crippen LogP contribution >= 0.6 is 23.2 Å². The Morgan fingerprint density at radius 1 is 0.970 bits per heavy atom. The quantitative estimate of drug-likeness (QED) is 0.302. The summed E-state index contributed by atoms with van der Waals surface area (Å²) in [7, 11) is 0. The van der Waals surface area contributed by atoms with E-state index in [-0.39, 0.29) is 17.1 Å². The van der Waals surface area contributed by atoms with Gasteiger partial charge in [0.15, 0.2) is 0 Å². The van der Waals surface area contributed by atoms with Crippen LogP contribution in [-0.2, 0) is 16.0 Å². The fourth-order valence-electron chi connectivity index (χ4n) is 4.24. The molecule has 0 saturated carbocycles. The van der Waals surface area contributed by atoms with Gasteiger partial charge in [-0.15, -0.1) is 0 Å². The van der Waals surface area contributed by atoms with E-state index in [0.29, 0.717) is 39.9 Å². The highest BCUT2D eigenvalue weighted by Crippen LogP contribution is 2.44. The van der Waals surface area contributed by atoms with Crippen molar-refractivity contribution in [3.05, 3.63) is 93.0 Å². The van der Waals surface area contributed by atoms with Gasteiger partial charge in [-0.25, -0.2) is 0 Å². The van der Waals surface area contributed by atoms with Gasteiger partial charge in [0.25, 0.3) is 11.7 Å². The summed E-state index contributed by atoms with van der Waals surface area (Å²) in [5.41, 5.74) is 2.09. The maximum Gasteiger partial charge on any atom is 0.300 e. The second kappa shape index (κ2) is 8.14. The Morgan fingerprint density at radius 2 is 1.67 bits per heavy atom. The lowest BCUT2D eigenvalue weighted by Crippen LogP contribution is -2.29. The maximum atomic E-state index is 13.2. The number of aromatic hydroxyl groups is 1. The molecule has 5 rings (SSSR count). The molecule has 0 aliphatic carbocycles. The fourth-order valence-corrected chi connectivity index (χ4v) is 4.75. The third-order valence-electron chi connectivity index (χ3n) is 5.74. The van der Waals surface area contributed by atoms with E-state index in [1.165, 1.54) is 35.2 Å². The number of hydrogen-bond donors (Lipinski definition) is 2. The standard InChI is InChI=1S/C25H17Cl2NO5/c26-16-10-17(27)12-18(11-16)28-22(13-1-4-19(29)5-2-13)21(24(31)25(28)32)23(30)15-3-6-20-14(9-15)7-8-33-20/h1-6,9-12,22,29-30H,7-8H2/b23-21-. The predicted octanol–water partition coefficient (Wildman–Crippen LogP) is 5.26. The van der Waals surface area contributed by atoms with Crippen molar-refractivity contribution in [3.8, 4) is 11.5 Å². The van der Waals surface area contributed by atoms with Gasteiger partial charge in [0.05, 0.1) is 18.2 Å². The maximum absolute atomic E-state index is 13.2. The van der Waals surface area contributed by atoms with Gasteiger partial charge in [-0.05, 0) is 59.7 Å². The third-order valence-corrected chi connectivity index (χ3v) is 6.18. The number of phenols is 1.